The summed E-state index contributed by atoms with van der Waals surface area (Å²) in [6.45, 7) is 6.09. The van der Waals surface area contributed by atoms with E-state index in [0.717, 1.165) is 42.3 Å². The van der Waals surface area contributed by atoms with Crippen molar-refractivity contribution >= 4 is 0 Å². The second-order valence-corrected chi connectivity index (χ2v) is 7.22. The molecule has 4 rings (SSSR count). The maximum Gasteiger partial charge on any atom is 0.240 e. The number of oxazole rings is 1. The van der Waals surface area contributed by atoms with E-state index >= 15 is 0 Å². The molecule has 0 bridgehead atoms. The van der Waals surface area contributed by atoms with Gasteiger partial charge < -0.3 is 14.7 Å². The zero-order valence-corrected chi connectivity index (χ0v) is 15.8. The lowest BCUT2D eigenvalue weighted by Crippen LogP contribution is -2.23. The number of likely N-dealkylation sites (tertiary alicyclic amines) is 1. The van der Waals surface area contributed by atoms with E-state index in [9.17, 15) is 0 Å². The molecular weight excluding hydrogens is 342 g/mol. The van der Waals surface area contributed by atoms with Crippen molar-refractivity contribution in [1.29, 1.82) is 0 Å². The molecule has 2 N–H and O–H groups in total. The van der Waals surface area contributed by atoms with E-state index in [4.69, 9.17) is 19.7 Å². The van der Waals surface area contributed by atoms with Crippen LogP contribution >= 0.6 is 0 Å². The summed E-state index contributed by atoms with van der Waals surface area (Å²) in [5, 5.41) is 4.02. The second-order valence-electron chi connectivity index (χ2n) is 7.22. The van der Waals surface area contributed by atoms with E-state index in [1.807, 2.05) is 18.2 Å². The minimum Gasteiger partial charge on any atom is -0.443 e. The minimum atomic E-state index is 0.125. The average Bonchev–Trinajstić information content (AvgIpc) is 3.41. The van der Waals surface area contributed by atoms with Gasteiger partial charge in [-0.2, -0.15) is 4.98 Å². The summed E-state index contributed by atoms with van der Waals surface area (Å²) in [5.74, 6) is 3.10. The molecule has 0 radical (unpaired) electrons. The number of aromatic nitrogens is 3. The molecule has 1 aromatic carbocycles. The average molecular weight is 367 g/mol. The number of hydrogen-bond acceptors (Lipinski definition) is 7. The first-order valence-corrected chi connectivity index (χ1v) is 9.47. The maximum absolute atomic E-state index is 6.27. The van der Waals surface area contributed by atoms with Crippen molar-refractivity contribution in [1.82, 2.24) is 20.0 Å². The highest BCUT2D eigenvalue weighted by Crippen LogP contribution is 2.37. The van der Waals surface area contributed by atoms with Gasteiger partial charge in [0.2, 0.25) is 11.8 Å². The van der Waals surface area contributed by atoms with Crippen molar-refractivity contribution in [3.8, 4) is 11.3 Å². The first-order chi connectivity index (χ1) is 13.2. The molecule has 1 fully saturated rings. The fourth-order valence-corrected chi connectivity index (χ4v) is 3.60. The Kier molecular flexibility index (Phi) is 5.05. The Morgan fingerprint density at radius 3 is 2.74 bits per heavy atom. The quantitative estimate of drug-likeness (QED) is 0.710. The van der Waals surface area contributed by atoms with Crippen molar-refractivity contribution in [2.45, 2.75) is 51.7 Å². The van der Waals surface area contributed by atoms with Crippen molar-refractivity contribution < 1.29 is 8.94 Å². The maximum atomic E-state index is 6.27. The second kappa shape index (κ2) is 7.62. The van der Waals surface area contributed by atoms with Gasteiger partial charge >= 0.3 is 0 Å². The van der Waals surface area contributed by atoms with Crippen LogP contribution in [-0.4, -0.2) is 26.6 Å². The number of nitrogens with two attached hydrogens (primary N) is 1. The van der Waals surface area contributed by atoms with Gasteiger partial charge in [-0.15, -0.1) is 0 Å². The zero-order valence-electron chi connectivity index (χ0n) is 15.8. The highest BCUT2D eigenvalue weighted by atomic mass is 16.5. The summed E-state index contributed by atoms with van der Waals surface area (Å²) in [7, 11) is 0. The highest BCUT2D eigenvalue weighted by molar-refractivity contribution is 5.61. The van der Waals surface area contributed by atoms with Gasteiger partial charge in [0, 0.05) is 11.5 Å². The number of nitrogens with zero attached hydrogens (tertiary/aromatic N) is 4. The normalized spacial score (nSPS) is 17.9. The third-order valence-corrected chi connectivity index (χ3v) is 4.92. The summed E-state index contributed by atoms with van der Waals surface area (Å²) in [6, 6.07) is 10.3. The smallest absolute Gasteiger partial charge is 0.240 e. The molecule has 3 heterocycles. The van der Waals surface area contributed by atoms with Crippen molar-refractivity contribution in [2.75, 3.05) is 6.54 Å². The topological polar surface area (TPSA) is 94.2 Å². The molecule has 7 heteroatoms. The van der Waals surface area contributed by atoms with Crippen LogP contribution in [-0.2, 0) is 13.1 Å². The molecule has 3 aromatic rings. The molecule has 2 aromatic heterocycles. The molecule has 1 atom stereocenters. The van der Waals surface area contributed by atoms with Gasteiger partial charge in [-0.3, -0.25) is 4.90 Å². The van der Waals surface area contributed by atoms with Crippen LogP contribution < -0.4 is 5.73 Å². The molecule has 27 heavy (non-hydrogen) atoms. The van der Waals surface area contributed by atoms with Gasteiger partial charge in [0.1, 0.15) is 11.5 Å². The SMILES string of the molecule is CC(C)c1oc(C2CCCN2Cc2noc(CN)n2)nc1-c1ccccc1. The minimum absolute atomic E-state index is 0.125. The van der Waals surface area contributed by atoms with Crippen LogP contribution in [0.2, 0.25) is 0 Å². The van der Waals surface area contributed by atoms with Crippen molar-refractivity contribution in [3.63, 3.8) is 0 Å². The summed E-state index contributed by atoms with van der Waals surface area (Å²) >= 11 is 0. The Labute approximate surface area is 158 Å². The Bertz CT molecular complexity index is 887. The van der Waals surface area contributed by atoms with Crippen LogP contribution in [0.5, 0.6) is 0 Å². The summed E-state index contributed by atoms with van der Waals surface area (Å²) in [4.78, 5) is 11.5. The predicted molar refractivity (Wildman–Crippen MR) is 101 cm³/mol. The van der Waals surface area contributed by atoms with E-state index in [1.54, 1.807) is 0 Å². The number of benzene rings is 1. The molecule has 7 nitrogen and oxygen atoms in total. The Morgan fingerprint density at radius 1 is 1.22 bits per heavy atom. The van der Waals surface area contributed by atoms with Gasteiger partial charge in [-0.25, -0.2) is 4.98 Å². The first kappa shape index (κ1) is 17.9. The molecule has 1 aliphatic rings. The fraction of sp³-hybridized carbons (Fsp3) is 0.450. The molecule has 0 aliphatic carbocycles. The highest BCUT2D eigenvalue weighted by Gasteiger charge is 2.32. The molecule has 1 aliphatic heterocycles. The molecule has 1 unspecified atom stereocenters. The zero-order chi connectivity index (χ0) is 18.8. The summed E-state index contributed by atoms with van der Waals surface area (Å²) in [6.07, 6.45) is 2.10. The monoisotopic (exact) mass is 367 g/mol. The van der Waals surface area contributed by atoms with E-state index in [2.05, 4.69) is 41.0 Å². The van der Waals surface area contributed by atoms with E-state index in [-0.39, 0.29) is 18.5 Å². The van der Waals surface area contributed by atoms with Crippen molar-refractivity contribution in [2.24, 2.45) is 5.73 Å². The Balaban J connectivity index is 1.61. The van der Waals surface area contributed by atoms with Crippen LogP contribution in [0.1, 0.15) is 62.0 Å². The summed E-state index contributed by atoms with van der Waals surface area (Å²) < 4.78 is 11.4. The predicted octanol–water partition coefficient (Wildman–Crippen LogP) is 3.64. The molecular formula is C20H25N5O2. The molecule has 1 saturated heterocycles. The molecule has 142 valence electrons. The van der Waals surface area contributed by atoms with Crippen LogP contribution in [0, 0.1) is 0 Å². The summed E-state index contributed by atoms with van der Waals surface area (Å²) in [5.41, 5.74) is 7.59. The van der Waals surface area contributed by atoms with Crippen LogP contribution in [0.25, 0.3) is 11.3 Å². The first-order valence-electron chi connectivity index (χ1n) is 9.47. The largest absolute Gasteiger partial charge is 0.443 e. The van der Waals surface area contributed by atoms with Crippen LogP contribution in [0.3, 0.4) is 0 Å². The van der Waals surface area contributed by atoms with Gasteiger partial charge in [-0.05, 0) is 19.4 Å². The van der Waals surface area contributed by atoms with Gasteiger partial charge in [-0.1, -0.05) is 49.3 Å². The van der Waals surface area contributed by atoms with Gasteiger partial charge in [0.15, 0.2) is 5.82 Å². The number of hydrogen-bond donors (Lipinski definition) is 1. The van der Waals surface area contributed by atoms with E-state index in [1.165, 1.54) is 0 Å². The van der Waals surface area contributed by atoms with E-state index < -0.39 is 0 Å². The third kappa shape index (κ3) is 3.65. The Morgan fingerprint density at radius 2 is 2.04 bits per heavy atom. The van der Waals surface area contributed by atoms with Crippen LogP contribution in [0.4, 0.5) is 0 Å². The fourth-order valence-electron chi connectivity index (χ4n) is 3.60. The third-order valence-electron chi connectivity index (χ3n) is 4.92. The lowest BCUT2D eigenvalue weighted by molar-refractivity contribution is 0.204. The number of rotatable bonds is 6. The Hall–Kier alpha value is -2.51. The molecule has 0 saturated carbocycles. The standard InChI is InChI=1S/C20H25N5O2/c1-13(2)19-18(14-7-4-3-5-8-14)23-20(26-19)15-9-6-10-25(15)12-16-22-17(11-21)27-24-16/h3-5,7-8,13,15H,6,9-12,21H2,1-2H3. The molecule has 0 amide bonds. The lowest BCUT2D eigenvalue weighted by atomic mass is 10.0. The van der Waals surface area contributed by atoms with Gasteiger partial charge in [0.25, 0.3) is 0 Å². The van der Waals surface area contributed by atoms with Crippen LogP contribution in [0.15, 0.2) is 39.3 Å². The lowest BCUT2D eigenvalue weighted by Gasteiger charge is -2.19. The van der Waals surface area contributed by atoms with Gasteiger partial charge in [0.05, 0.1) is 19.1 Å². The van der Waals surface area contributed by atoms with E-state index in [0.29, 0.717) is 18.3 Å². The van der Waals surface area contributed by atoms with Crippen molar-refractivity contribution in [3.05, 3.63) is 53.7 Å². The molecule has 0 spiro atoms.